The summed E-state index contributed by atoms with van der Waals surface area (Å²) in [6.45, 7) is 3.70. The summed E-state index contributed by atoms with van der Waals surface area (Å²) in [5, 5.41) is 0. The highest BCUT2D eigenvalue weighted by Gasteiger charge is 2.05. The number of ether oxygens (including phenoxy) is 2. The summed E-state index contributed by atoms with van der Waals surface area (Å²) in [4.78, 5) is 10.7. The minimum absolute atomic E-state index is 0.306. The Morgan fingerprint density at radius 3 is 2.85 bits per heavy atom. The quantitative estimate of drug-likeness (QED) is 0.402. The molecule has 13 heavy (non-hydrogen) atoms. The molecular weight excluding hydrogens is 192 g/mol. The van der Waals surface area contributed by atoms with Gasteiger partial charge in [-0.25, -0.2) is 4.79 Å². The topological polar surface area (TPSA) is 35.5 Å². The van der Waals surface area contributed by atoms with Crippen molar-refractivity contribution in [1.29, 1.82) is 0 Å². The van der Waals surface area contributed by atoms with Crippen molar-refractivity contribution in [3.8, 4) is 11.8 Å². The fourth-order valence-electron chi connectivity index (χ4n) is 0.589. The predicted octanol–water partition coefficient (Wildman–Crippen LogP) is 2.18. The first-order valence-electron chi connectivity index (χ1n) is 4.08. The SMILES string of the molecule is CCOC(=O)OC(C)C#CCCCl. The van der Waals surface area contributed by atoms with Crippen molar-refractivity contribution < 1.29 is 14.3 Å². The van der Waals surface area contributed by atoms with E-state index >= 15 is 0 Å². The largest absolute Gasteiger partial charge is 0.509 e. The Kier molecular flexibility index (Phi) is 7.23. The second-order valence-electron chi connectivity index (χ2n) is 2.20. The van der Waals surface area contributed by atoms with Crippen molar-refractivity contribution in [1.82, 2.24) is 0 Å². The van der Waals surface area contributed by atoms with Crippen LogP contribution < -0.4 is 0 Å². The zero-order valence-electron chi connectivity index (χ0n) is 7.80. The van der Waals surface area contributed by atoms with Gasteiger partial charge in [0.15, 0.2) is 6.10 Å². The summed E-state index contributed by atoms with van der Waals surface area (Å²) < 4.78 is 9.32. The Morgan fingerprint density at radius 2 is 2.31 bits per heavy atom. The van der Waals surface area contributed by atoms with E-state index in [0.29, 0.717) is 18.9 Å². The van der Waals surface area contributed by atoms with Crippen LogP contribution in [0.1, 0.15) is 20.3 Å². The van der Waals surface area contributed by atoms with Gasteiger partial charge in [0.25, 0.3) is 0 Å². The van der Waals surface area contributed by atoms with Crippen molar-refractivity contribution in [3.05, 3.63) is 0 Å². The van der Waals surface area contributed by atoms with Crippen LogP contribution in [0.5, 0.6) is 0 Å². The Balaban J connectivity index is 3.68. The number of halogens is 1. The third-order valence-electron chi connectivity index (χ3n) is 1.06. The van der Waals surface area contributed by atoms with Crippen LogP contribution in [0.3, 0.4) is 0 Å². The molecule has 0 saturated carbocycles. The molecule has 0 radical (unpaired) electrons. The summed E-state index contributed by atoms with van der Waals surface area (Å²) in [6, 6.07) is 0. The highest BCUT2D eigenvalue weighted by molar-refractivity contribution is 6.18. The summed E-state index contributed by atoms with van der Waals surface area (Å²) in [5.74, 6) is 5.97. The van der Waals surface area contributed by atoms with Crippen molar-refractivity contribution in [2.45, 2.75) is 26.4 Å². The molecule has 0 amide bonds. The lowest BCUT2D eigenvalue weighted by Crippen LogP contribution is -2.14. The zero-order chi connectivity index (χ0) is 10.1. The zero-order valence-corrected chi connectivity index (χ0v) is 8.56. The molecule has 0 aromatic rings. The minimum Gasteiger partial charge on any atom is -0.435 e. The number of alkyl halides is 1. The number of hydrogen-bond donors (Lipinski definition) is 0. The molecule has 0 aliphatic rings. The molecule has 0 fully saturated rings. The average molecular weight is 205 g/mol. The monoisotopic (exact) mass is 204 g/mol. The molecule has 74 valence electrons. The molecule has 0 aromatic heterocycles. The summed E-state index contributed by atoms with van der Waals surface area (Å²) in [6.07, 6.45) is -0.532. The van der Waals surface area contributed by atoms with Gasteiger partial charge in [-0.15, -0.1) is 11.6 Å². The maximum atomic E-state index is 10.7. The highest BCUT2D eigenvalue weighted by Crippen LogP contribution is 1.93. The molecule has 0 bridgehead atoms. The van der Waals surface area contributed by atoms with E-state index in [4.69, 9.17) is 16.3 Å². The van der Waals surface area contributed by atoms with Gasteiger partial charge in [0.1, 0.15) is 0 Å². The van der Waals surface area contributed by atoms with E-state index in [-0.39, 0.29) is 0 Å². The van der Waals surface area contributed by atoms with Crippen molar-refractivity contribution in [2.75, 3.05) is 12.5 Å². The van der Waals surface area contributed by atoms with Gasteiger partial charge in [-0.05, 0) is 13.8 Å². The Hall–Kier alpha value is -0.880. The first kappa shape index (κ1) is 12.1. The van der Waals surface area contributed by atoms with Gasteiger partial charge in [0.05, 0.1) is 6.61 Å². The van der Waals surface area contributed by atoms with Crippen LogP contribution in [0.25, 0.3) is 0 Å². The average Bonchev–Trinajstić information content (AvgIpc) is 2.05. The third-order valence-corrected chi connectivity index (χ3v) is 1.25. The van der Waals surface area contributed by atoms with Gasteiger partial charge in [-0.1, -0.05) is 11.8 Å². The predicted molar refractivity (Wildman–Crippen MR) is 50.7 cm³/mol. The van der Waals surface area contributed by atoms with E-state index < -0.39 is 12.3 Å². The Bertz CT molecular complexity index is 205. The number of rotatable bonds is 3. The van der Waals surface area contributed by atoms with Gasteiger partial charge >= 0.3 is 6.16 Å². The first-order chi connectivity index (χ1) is 6.20. The standard InChI is InChI=1S/C9H13ClO3/c1-3-12-9(11)13-8(2)6-4-5-7-10/h8H,3,5,7H2,1-2H3. The molecule has 4 heteroatoms. The number of hydrogen-bond acceptors (Lipinski definition) is 3. The fourth-order valence-corrected chi connectivity index (χ4v) is 0.683. The van der Waals surface area contributed by atoms with E-state index in [1.807, 2.05) is 0 Å². The maximum Gasteiger partial charge on any atom is 0.509 e. The second kappa shape index (κ2) is 7.75. The maximum absolute atomic E-state index is 10.7. The molecule has 0 saturated heterocycles. The van der Waals surface area contributed by atoms with E-state index in [2.05, 4.69) is 16.6 Å². The molecular formula is C9H13ClO3. The lowest BCUT2D eigenvalue weighted by molar-refractivity contribution is 0.0477. The first-order valence-corrected chi connectivity index (χ1v) is 4.62. The van der Waals surface area contributed by atoms with Crippen LogP contribution >= 0.6 is 11.6 Å². The molecule has 0 aliphatic heterocycles. The molecule has 0 aliphatic carbocycles. The molecule has 3 nitrogen and oxygen atoms in total. The molecule has 0 N–H and O–H groups in total. The molecule has 0 heterocycles. The minimum atomic E-state index is -0.685. The van der Waals surface area contributed by atoms with Crippen LogP contribution in [0.2, 0.25) is 0 Å². The molecule has 0 rings (SSSR count). The normalized spacial score (nSPS) is 11.0. The van der Waals surface area contributed by atoms with Gasteiger partial charge < -0.3 is 9.47 Å². The second-order valence-corrected chi connectivity index (χ2v) is 2.58. The molecule has 0 spiro atoms. The van der Waals surface area contributed by atoms with Gasteiger partial charge in [0.2, 0.25) is 0 Å². The number of carbonyl (C=O) groups excluding carboxylic acids is 1. The molecule has 1 atom stereocenters. The summed E-state index contributed by atoms with van der Waals surface area (Å²) in [5.41, 5.74) is 0. The third kappa shape index (κ3) is 7.48. The summed E-state index contributed by atoms with van der Waals surface area (Å²) in [7, 11) is 0. The Labute approximate surface area is 83.3 Å². The van der Waals surface area contributed by atoms with E-state index in [9.17, 15) is 4.79 Å². The number of carbonyl (C=O) groups is 1. The smallest absolute Gasteiger partial charge is 0.435 e. The van der Waals surface area contributed by atoms with Crippen LogP contribution in [0, 0.1) is 11.8 Å². The van der Waals surface area contributed by atoms with Crippen molar-refractivity contribution in [3.63, 3.8) is 0 Å². The van der Waals surface area contributed by atoms with E-state index in [0.717, 1.165) is 0 Å². The Morgan fingerprint density at radius 1 is 1.62 bits per heavy atom. The van der Waals surface area contributed by atoms with E-state index in [1.54, 1.807) is 13.8 Å². The van der Waals surface area contributed by atoms with E-state index in [1.165, 1.54) is 0 Å². The van der Waals surface area contributed by atoms with Crippen molar-refractivity contribution >= 4 is 17.8 Å². The van der Waals surface area contributed by atoms with Crippen molar-refractivity contribution in [2.24, 2.45) is 0 Å². The van der Waals surface area contributed by atoms with Gasteiger partial charge in [0, 0.05) is 12.3 Å². The fraction of sp³-hybridized carbons (Fsp3) is 0.667. The lowest BCUT2D eigenvalue weighted by atomic mass is 10.4. The van der Waals surface area contributed by atoms with Crippen LogP contribution in [0.15, 0.2) is 0 Å². The lowest BCUT2D eigenvalue weighted by Gasteiger charge is -2.05. The molecule has 1 unspecified atom stereocenters. The van der Waals surface area contributed by atoms with Crippen LogP contribution in [-0.4, -0.2) is 24.7 Å². The van der Waals surface area contributed by atoms with Crippen LogP contribution in [-0.2, 0) is 9.47 Å². The van der Waals surface area contributed by atoms with Crippen LogP contribution in [0.4, 0.5) is 4.79 Å². The van der Waals surface area contributed by atoms with Gasteiger partial charge in [-0.3, -0.25) is 0 Å². The molecule has 0 aromatic carbocycles. The highest BCUT2D eigenvalue weighted by atomic mass is 35.5. The summed E-state index contributed by atoms with van der Waals surface area (Å²) >= 11 is 5.41. The van der Waals surface area contributed by atoms with Gasteiger partial charge in [-0.2, -0.15) is 0 Å².